The summed E-state index contributed by atoms with van der Waals surface area (Å²) in [6.07, 6.45) is 6.02. The summed E-state index contributed by atoms with van der Waals surface area (Å²) in [6, 6.07) is 0.283. The third kappa shape index (κ3) is 2.85. The van der Waals surface area contributed by atoms with Gasteiger partial charge in [0.25, 0.3) is 5.91 Å². The maximum atomic E-state index is 12.7. The fraction of sp³-hybridized carbons (Fsp3) is 0.533. The van der Waals surface area contributed by atoms with Gasteiger partial charge in [0, 0.05) is 19.3 Å². The standard InChI is InChI=1S/C15H20N4OS/c1-10-7-16-19(8-10)13-5-4-6-18(9-13)15(20)14-11(2)17-12(3)21-14/h7-8,13H,4-6,9H2,1-3H3/t13-/m1/s1. The lowest BCUT2D eigenvalue weighted by Gasteiger charge is -2.32. The maximum absolute atomic E-state index is 12.7. The second-order valence-electron chi connectivity index (χ2n) is 5.69. The average molecular weight is 304 g/mol. The second kappa shape index (κ2) is 5.60. The minimum absolute atomic E-state index is 0.117. The molecular formula is C15H20N4OS. The van der Waals surface area contributed by atoms with Crippen molar-refractivity contribution in [1.29, 1.82) is 0 Å². The SMILES string of the molecule is Cc1cnn([C@@H]2CCCN(C(=O)c3sc(C)nc3C)C2)c1. The fourth-order valence-electron chi connectivity index (χ4n) is 2.86. The Hall–Kier alpha value is -1.69. The van der Waals surface area contributed by atoms with E-state index < -0.39 is 0 Å². The molecule has 1 fully saturated rings. The van der Waals surface area contributed by atoms with E-state index in [1.54, 1.807) is 0 Å². The highest BCUT2D eigenvalue weighted by molar-refractivity contribution is 7.13. The van der Waals surface area contributed by atoms with Gasteiger partial charge in [-0.1, -0.05) is 0 Å². The predicted molar refractivity (Wildman–Crippen MR) is 82.7 cm³/mol. The predicted octanol–water partition coefficient (Wildman–Crippen LogP) is 2.74. The molecule has 112 valence electrons. The van der Waals surface area contributed by atoms with Gasteiger partial charge in [-0.05, 0) is 39.2 Å². The van der Waals surface area contributed by atoms with Crippen LogP contribution in [0, 0.1) is 20.8 Å². The zero-order valence-electron chi connectivity index (χ0n) is 12.7. The second-order valence-corrected chi connectivity index (χ2v) is 6.90. The summed E-state index contributed by atoms with van der Waals surface area (Å²) in [5, 5.41) is 5.35. The van der Waals surface area contributed by atoms with Crippen LogP contribution < -0.4 is 0 Å². The first-order valence-electron chi connectivity index (χ1n) is 7.28. The summed E-state index contributed by atoms with van der Waals surface area (Å²) in [4.78, 5) is 19.8. The van der Waals surface area contributed by atoms with Crippen LogP contribution in [-0.2, 0) is 0 Å². The summed E-state index contributed by atoms with van der Waals surface area (Å²) in [6.45, 7) is 7.45. The topological polar surface area (TPSA) is 51.0 Å². The van der Waals surface area contributed by atoms with E-state index in [2.05, 4.69) is 16.3 Å². The first-order chi connectivity index (χ1) is 10.0. The van der Waals surface area contributed by atoms with Crippen LogP contribution in [0.2, 0.25) is 0 Å². The molecule has 1 aliphatic rings. The van der Waals surface area contributed by atoms with Gasteiger partial charge < -0.3 is 4.90 Å². The van der Waals surface area contributed by atoms with Gasteiger partial charge in [-0.2, -0.15) is 5.10 Å². The Balaban J connectivity index is 1.77. The highest BCUT2D eigenvalue weighted by atomic mass is 32.1. The number of likely N-dealkylation sites (tertiary alicyclic amines) is 1. The fourth-order valence-corrected chi connectivity index (χ4v) is 3.75. The minimum atomic E-state index is 0.117. The summed E-state index contributed by atoms with van der Waals surface area (Å²) in [7, 11) is 0. The number of aromatic nitrogens is 3. The molecule has 0 unspecified atom stereocenters. The molecular weight excluding hydrogens is 284 g/mol. The van der Waals surface area contributed by atoms with E-state index in [0.717, 1.165) is 47.1 Å². The number of thiazole rings is 1. The van der Waals surface area contributed by atoms with Crippen LogP contribution >= 0.6 is 11.3 Å². The van der Waals surface area contributed by atoms with Crippen molar-refractivity contribution in [3.8, 4) is 0 Å². The third-order valence-electron chi connectivity index (χ3n) is 3.89. The molecule has 1 saturated heterocycles. The van der Waals surface area contributed by atoms with Gasteiger partial charge in [0.15, 0.2) is 0 Å². The van der Waals surface area contributed by atoms with E-state index in [-0.39, 0.29) is 11.9 Å². The number of hydrogen-bond acceptors (Lipinski definition) is 4. The average Bonchev–Trinajstić information content (AvgIpc) is 3.04. The highest BCUT2D eigenvalue weighted by Crippen LogP contribution is 2.25. The minimum Gasteiger partial charge on any atom is -0.336 e. The molecule has 0 radical (unpaired) electrons. The normalized spacial score (nSPS) is 19.0. The van der Waals surface area contributed by atoms with E-state index in [4.69, 9.17) is 0 Å². The van der Waals surface area contributed by atoms with Gasteiger partial charge in [0.2, 0.25) is 0 Å². The first kappa shape index (κ1) is 14.3. The molecule has 0 bridgehead atoms. The van der Waals surface area contributed by atoms with E-state index in [9.17, 15) is 4.79 Å². The molecule has 2 aromatic heterocycles. The van der Waals surface area contributed by atoms with Gasteiger partial charge in [0.05, 0.1) is 22.9 Å². The number of carbonyl (C=O) groups excluding carboxylic acids is 1. The van der Waals surface area contributed by atoms with Gasteiger partial charge in [0.1, 0.15) is 4.88 Å². The van der Waals surface area contributed by atoms with Crippen molar-refractivity contribution >= 4 is 17.2 Å². The van der Waals surface area contributed by atoms with Crippen molar-refractivity contribution in [3.63, 3.8) is 0 Å². The van der Waals surface area contributed by atoms with E-state index in [1.807, 2.05) is 36.5 Å². The lowest BCUT2D eigenvalue weighted by Crippen LogP contribution is -2.40. The zero-order chi connectivity index (χ0) is 15.0. The number of nitrogens with zero attached hydrogens (tertiary/aromatic N) is 4. The van der Waals surface area contributed by atoms with Crippen LogP contribution in [0.1, 0.15) is 44.8 Å². The van der Waals surface area contributed by atoms with Crippen molar-refractivity contribution in [2.75, 3.05) is 13.1 Å². The van der Waals surface area contributed by atoms with Crippen molar-refractivity contribution in [2.45, 2.75) is 39.7 Å². The molecule has 1 atom stereocenters. The molecule has 3 heterocycles. The number of amides is 1. The van der Waals surface area contributed by atoms with Crippen molar-refractivity contribution in [3.05, 3.63) is 33.5 Å². The monoisotopic (exact) mass is 304 g/mol. The molecule has 21 heavy (non-hydrogen) atoms. The number of carbonyl (C=O) groups is 1. The van der Waals surface area contributed by atoms with Crippen LogP contribution in [0.4, 0.5) is 0 Å². The maximum Gasteiger partial charge on any atom is 0.265 e. The van der Waals surface area contributed by atoms with Gasteiger partial charge in [-0.3, -0.25) is 9.48 Å². The summed E-state index contributed by atoms with van der Waals surface area (Å²) >= 11 is 1.49. The Kier molecular flexibility index (Phi) is 3.80. The molecule has 6 heteroatoms. The number of piperidine rings is 1. The third-order valence-corrected chi connectivity index (χ3v) is 4.95. The molecule has 2 aromatic rings. The number of aryl methyl sites for hydroxylation is 3. The molecule has 0 aromatic carbocycles. The van der Waals surface area contributed by atoms with E-state index in [0.29, 0.717) is 0 Å². The molecule has 5 nitrogen and oxygen atoms in total. The number of rotatable bonds is 2. The van der Waals surface area contributed by atoms with Crippen LogP contribution in [0.5, 0.6) is 0 Å². The smallest absolute Gasteiger partial charge is 0.265 e. The first-order valence-corrected chi connectivity index (χ1v) is 8.10. The highest BCUT2D eigenvalue weighted by Gasteiger charge is 2.27. The van der Waals surface area contributed by atoms with Crippen LogP contribution in [-0.4, -0.2) is 38.7 Å². The Morgan fingerprint density at radius 2 is 2.19 bits per heavy atom. The van der Waals surface area contributed by atoms with Crippen molar-refractivity contribution in [1.82, 2.24) is 19.7 Å². The Labute approximate surface area is 128 Å². The van der Waals surface area contributed by atoms with Gasteiger partial charge >= 0.3 is 0 Å². The lowest BCUT2D eigenvalue weighted by atomic mass is 10.1. The number of hydrogen-bond donors (Lipinski definition) is 0. The molecule has 0 saturated carbocycles. The largest absolute Gasteiger partial charge is 0.336 e. The van der Waals surface area contributed by atoms with Crippen LogP contribution in [0.25, 0.3) is 0 Å². The molecule has 3 rings (SSSR count). The Morgan fingerprint density at radius 3 is 2.81 bits per heavy atom. The summed E-state index contributed by atoms with van der Waals surface area (Å²) in [5.74, 6) is 0.117. The molecule has 0 N–H and O–H groups in total. The molecule has 0 aliphatic carbocycles. The van der Waals surface area contributed by atoms with Crippen molar-refractivity contribution < 1.29 is 4.79 Å². The summed E-state index contributed by atoms with van der Waals surface area (Å²) < 4.78 is 2.00. The lowest BCUT2D eigenvalue weighted by molar-refractivity contribution is 0.0677. The summed E-state index contributed by atoms with van der Waals surface area (Å²) in [5.41, 5.74) is 2.01. The zero-order valence-corrected chi connectivity index (χ0v) is 13.5. The van der Waals surface area contributed by atoms with Crippen molar-refractivity contribution in [2.24, 2.45) is 0 Å². The Morgan fingerprint density at radius 1 is 1.38 bits per heavy atom. The van der Waals surface area contributed by atoms with Crippen LogP contribution in [0.15, 0.2) is 12.4 Å². The quantitative estimate of drug-likeness (QED) is 0.857. The van der Waals surface area contributed by atoms with Crippen LogP contribution in [0.3, 0.4) is 0 Å². The molecule has 0 spiro atoms. The molecule has 1 aliphatic heterocycles. The molecule has 1 amide bonds. The Bertz CT molecular complexity index is 660. The van der Waals surface area contributed by atoms with Gasteiger partial charge in [-0.15, -0.1) is 11.3 Å². The van der Waals surface area contributed by atoms with E-state index >= 15 is 0 Å². The van der Waals surface area contributed by atoms with Gasteiger partial charge in [-0.25, -0.2) is 4.98 Å². The van der Waals surface area contributed by atoms with E-state index in [1.165, 1.54) is 11.3 Å².